The van der Waals surface area contributed by atoms with Gasteiger partial charge in [0.25, 0.3) is 0 Å². The molecule has 0 bridgehead atoms. The maximum atomic E-state index is 13.2. The number of hydrogen-bond acceptors (Lipinski definition) is 18. The molecular formula is C45H74O18. The summed E-state index contributed by atoms with van der Waals surface area (Å²) in [5.41, 5.74) is -0.407. The SMILES string of the molecule is C[C@@H](CC[C@@]1(O)OC2CC3C4C[C@H](O[C@@H]5O[C@H](C)[C@@H](O)[C@H](O[C@@H]6O[C@@H](C)[C@H](O)[C@@H](O)[C@H]6O)[C@H]5O)[C@H]5CC(=O)CC[C@]5(C)C4CC[C@]3(C)C2[C@@H]1C)CO[C@@H]1O[C@H](CO)[C@@H](O)[C@H](O)[C@H]1O. The van der Waals surface area contributed by atoms with Crippen LogP contribution in [0, 0.1) is 52.3 Å². The lowest BCUT2D eigenvalue weighted by Gasteiger charge is -2.62. The maximum absolute atomic E-state index is 13.2. The molecule has 18 heteroatoms. The van der Waals surface area contributed by atoms with E-state index in [1.807, 2.05) is 6.92 Å². The molecule has 27 atom stereocenters. The molecule has 5 unspecified atom stereocenters. The van der Waals surface area contributed by atoms with E-state index in [9.17, 15) is 55.9 Å². The smallest absolute Gasteiger partial charge is 0.187 e. The van der Waals surface area contributed by atoms with E-state index in [-0.39, 0.29) is 64.8 Å². The Bertz CT molecular complexity index is 1610. The number of ketones is 1. The summed E-state index contributed by atoms with van der Waals surface area (Å²) in [5, 5.41) is 107. The van der Waals surface area contributed by atoms with Gasteiger partial charge in [0.15, 0.2) is 24.7 Å². The van der Waals surface area contributed by atoms with Gasteiger partial charge in [-0.3, -0.25) is 4.79 Å². The zero-order valence-corrected chi connectivity index (χ0v) is 37.4. The number of Topliss-reactive ketones (excluding diaryl/α,β-unsaturated/α-hetero) is 1. The van der Waals surface area contributed by atoms with Crippen LogP contribution in [0.3, 0.4) is 0 Å². The number of aliphatic hydroxyl groups is 10. The number of aliphatic hydroxyl groups excluding tert-OH is 9. The quantitative estimate of drug-likeness (QED) is 0.117. The first-order chi connectivity index (χ1) is 29.6. The summed E-state index contributed by atoms with van der Waals surface area (Å²) in [6.07, 6.45) is -15.0. The number of hydrogen-bond donors (Lipinski definition) is 10. The number of carbonyl (C=O) groups excluding carboxylic acids is 1. The molecule has 0 spiro atoms. The number of ether oxygens (including phenoxy) is 7. The molecule has 0 aromatic carbocycles. The first-order valence-electron chi connectivity index (χ1n) is 23.5. The van der Waals surface area contributed by atoms with E-state index >= 15 is 0 Å². The summed E-state index contributed by atoms with van der Waals surface area (Å²) in [5.74, 6) is -0.816. The van der Waals surface area contributed by atoms with Crippen molar-refractivity contribution >= 4 is 5.78 Å². The van der Waals surface area contributed by atoms with Crippen LogP contribution >= 0.6 is 0 Å². The Morgan fingerprint density at radius 3 is 2.08 bits per heavy atom. The van der Waals surface area contributed by atoms with Crippen LogP contribution < -0.4 is 0 Å². The van der Waals surface area contributed by atoms with Crippen LogP contribution in [-0.2, 0) is 38.0 Å². The molecule has 362 valence electrons. The van der Waals surface area contributed by atoms with Crippen LogP contribution in [0.15, 0.2) is 0 Å². The summed E-state index contributed by atoms with van der Waals surface area (Å²) in [6.45, 7) is 11.4. The van der Waals surface area contributed by atoms with E-state index in [1.54, 1.807) is 6.92 Å². The van der Waals surface area contributed by atoms with Crippen molar-refractivity contribution in [3.63, 3.8) is 0 Å². The molecule has 8 aliphatic rings. The highest BCUT2D eigenvalue weighted by atomic mass is 16.7. The Morgan fingerprint density at radius 2 is 1.38 bits per heavy atom. The Labute approximate surface area is 369 Å². The van der Waals surface area contributed by atoms with Crippen LogP contribution in [0.4, 0.5) is 0 Å². The summed E-state index contributed by atoms with van der Waals surface area (Å²) in [7, 11) is 0. The van der Waals surface area contributed by atoms with Crippen LogP contribution in [0.25, 0.3) is 0 Å². The summed E-state index contributed by atoms with van der Waals surface area (Å²) in [4.78, 5) is 13.2. The van der Waals surface area contributed by atoms with Crippen molar-refractivity contribution < 1.29 is 89.0 Å². The Balaban J connectivity index is 0.946. The third kappa shape index (κ3) is 8.40. The summed E-state index contributed by atoms with van der Waals surface area (Å²) >= 11 is 0. The van der Waals surface area contributed by atoms with Crippen molar-refractivity contribution in [1.29, 1.82) is 0 Å². The van der Waals surface area contributed by atoms with Gasteiger partial charge in [0.1, 0.15) is 66.8 Å². The third-order valence-corrected chi connectivity index (χ3v) is 17.7. The standard InChI is InChI=1S/C45H74O18/c1-18(17-57-40-36(53)35(52)33(50)29(16-46)61-40)7-12-45(56)19(2)30-28(63-45)15-25-23-14-27(26-13-22(47)8-10-43(26,5)24(23)9-11-44(25,30)6)60-42-38(55)39(32(49)21(4)59-42)62-41-37(54)34(51)31(48)20(3)58-41/h18-21,23-42,46,48-56H,7-17H2,1-6H3/t18-,19-,20-,21+,23?,24?,25?,26+,27-,28?,29+,30?,31-,32+,33+,34+,35-,36+,37+,38+,39-,40+,41-,42-,43+,44-,45+/m0/s1. The molecule has 18 nitrogen and oxygen atoms in total. The largest absolute Gasteiger partial charge is 0.394 e. The van der Waals surface area contributed by atoms with Gasteiger partial charge >= 0.3 is 0 Å². The highest BCUT2D eigenvalue weighted by Crippen LogP contribution is 2.71. The predicted molar refractivity (Wildman–Crippen MR) is 217 cm³/mol. The van der Waals surface area contributed by atoms with Gasteiger partial charge in [-0.05, 0) is 98.7 Å². The van der Waals surface area contributed by atoms with Crippen molar-refractivity contribution in [1.82, 2.24) is 0 Å². The van der Waals surface area contributed by atoms with Gasteiger partial charge in [-0.15, -0.1) is 0 Å². The van der Waals surface area contributed by atoms with E-state index in [2.05, 4.69) is 20.8 Å². The first-order valence-corrected chi connectivity index (χ1v) is 23.5. The predicted octanol–water partition coefficient (Wildman–Crippen LogP) is -0.545. The number of rotatable bonds is 11. The van der Waals surface area contributed by atoms with Gasteiger partial charge in [-0.25, -0.2) is 0 Å². The third-order valence-electron chi connectivity index (χ3n) is 17.7. The van der Waals surface area contributed by atoms with Crippen LogP contribution in [-0.4, -0.2) is 180 Å². The zero-order chi connectivity index (χ0) is 45.7. The van der Waals surface area contributed by atoms with Crippen molar-refractivity contribution in [2.75, 3.05) is 13.2 Å². The molecule has 4 saturated carbocycles. The summed E-state index contributed by atoms with van der Waals surface area (Å²) < 4.78 is 42.6. The van der Waals surface area contributed by atoms with Gasteiger partial charge in [0.2, 0.25) is 0 Å². The fourth-order valence-corrected chi connectivity index (χ4v) is 13.9. The lowest BCUT2D eigenvalue weighted by atomic mass is 9.43. The maximum Gasteiger partial charge on any atom is 0.187 e. The molecule has 4 heterocycles. The van der Waals surface area contributed by atoms with Gasteiger partial charge in [0.05, 0.1) is 37.6 Å². The monoisotopic (exact) mass is 902 g/mol. The molecule has 0 aromatic heterocycles. The van der Waals surface area contributed by atoms with Crippen molar-refractivity contribution in [3.8, 4) is 0 Å². The lowest BCUT2D eigenvalue weighted by Crippen LogP contribution is -2.64. The molecule has 63 heavy (non-hydrogen) atoms. The topological polar surface area (TPSA) is 284 Å². The van der Waals surface area contributed by atoms with Gasteiger partial charge in [-0.2, -0.15) is 0 Å². The average molecular weight is 903 g/mol. The molecule has 8 rings (SSSR count). The molecule has 4 aliphatic carbocycles. The summed E-state index contributed by atoms with van der Waals surface area (Å²) in [6, 6.07) is 0. The fourth-order valence-electron chi connectivity index (χ4n) is 13.9. The zero-order valence-electron chi connectivity index (χ0n) is 37.4. The normalized spacial score (nSPS) is 56.3. The van der Waals surface area contributed by atoms with Crippen LogP contribution in [0.5, 0.6) is 0 Å². The van der Waals surface area contributed by atoms with E-state index in [1.165, 1.54) is 6.92 Å². The second-order valence-electron chi connectivity index (χ2n) is 21.4. The Morgan fingerprint density at radius 1 is 0.730 bits per heavy atom. The minimum absolute atomic E-state index is 0.0791. The second kappa shape index (κ2) is 18.1. The van der Waals surface area contributed by atoms with E-state index in [0.29, 0.717) is 38.0 Å². The minimum atomic E-state index is -1.65. The first kappa shape index (κ1) is 48.4. The lowest BCUT2D eigenvalue weighted by molar-refractivity contribution is -0.362. The molecule has 0 aromatic rings. The molecule has 4 aliphatic heterocycles. The van der Waals surface area contributed by atoms with Crippen molar-refractivity contribution in [3.05, 3.63) is 0 Å². The second-order valence-corrected chi connectivity index (χ2v) is 21.4. The minimum Gasteiger partial charge on any atom is -0.394 e. The van der Waals surface area contributed by atoms with Gasteiger partial charge < -0.3 is 84.2 Å². The highest BCUT2D eigenvalue weighted by molar-refractivity contribution is 5.79. The number of carbonyl (C=O) groups is 1. The van der Waals surface area contributed by atoms with Crippen molar-refractivity contribution in [2.45, 2.75) is 209 Å². The Kier molecular flexibility index (Phi) is 14.0. The Hall–Kier alpha value is -1.01. The van der Waals surface area contributed by atoms with Crippen LogP contribution in [0.2, 0.25) is 0 Å². The molecule has 8 fully saturated rings. The van der Waals surface area contributed by atoms with E-state index < -0.39 is 111 Å². The highest BCUT2D eigenvalue weighted by Gasteiger charge is 2.69. The van der Waals surface area contributed by atoms with Gasteiger partial charge in [0, 0.05) is 25.2 Å². The molecule has 0 radical (unpaired) electrons. The van der Waals surface area contributed by atoms with E-state index in [4.69, 9.17) is 33.2 Å². The number of fused-ring (bicyclic) bond motifs is 7. The fraction of sp³-hybridized carbons (Fsp3) is 0.978. The molecule has 10 N–H and O–H groups in total. The molecule has 0 amide bonds. The molecular weight excluding hydrogens is 828 g/mol. The average Bonchev–Trinajstić information content (AvgIpc) is 3.68. The van der Waals surface area contributed by atoms with Crippen LogP contribution in [0.1, 0.15) is 99.3 Å². The van der Waals surface area contributed by atoms with E-state index in [0.717, 1.165) is 25.7 Å². The van der Waals surface area contributed by atoms with Gasteiger partial charge in [-0.1, -0.05) is 27.7 Å². The molecule has 4 saturated heterocycles. The van der Waals surface area contributed by atoms with Crippen molar-refractivity contribution in [2.24, 2.45) is 52.3 Å².